The summed E-state index contributed by atoms with van der Waals surface area (Å²) >= 11 is 0. The minimum absolute atomic E-state index is 0.207. The molecule has 0 radical (unpaired) electrons. The molecule has 0 aromatic heterocycles. The van der Waals surface area contributed by atoms with Gasteiger partial charge in [-0.05, 0) is 30.4 Å². The van der Waals surface area contributed by atoms with Crippen LogP contribution in [0.15, 0.2) is 24.3 Å². The van der Waals surface area contributed by atoms with Gasteiger partial charge in [0.15, 0.2) is 0 Å². The third-order valence-electron chi connectivity index (χ3n) is 4.07. The summed E-state index contributed by atoms with van der Waals surface area (Å²) in [4.78, 5) is 11.5. The lowest BCUT2D eigenvalue weighted by molar-refractivity contribution is 0.0999. The van der Waals surface area contributed by atoms with Gasteiger partial charge in [0, 0.05) is 5.56 Å². The van der Waals surface area contributed by atoms with Crippen LogP contribution in [0.1, 0.15) is 60.4 Å². The van der Waals surface area contributed by atoms with E-state index in [0.717, 1.165) is 18.4 Å². The van der Waals surface area contributed by atoms with Gasteiger partial charge >= 0.3 is 0 Å². The van der Waals surface area contributed by atoms with Crippen molar-refractivity contribution < 1.29 is 4.79 Å². The van der Waals surface area contributed by atoms with Gasteiger partial charge < -0.3 is 5.73 Å². The summed E-state index contributed by atoms with van der Waals surface area (Å²) < 4.78 is 0. The number of nitriles is 1. The van der Waals surface area contributed by atoms with E-state index < -0.39 is 5.91 Å². The smallest absolute Gasteiger partial charge is 0.249 e. The molecule has 1 aliphatic carbocycles. The highest BCUT2D eigenvalue weighted by atomic mass is 16.1. The van der Waals surface area contributed by atoms with Crippen molar-refractivity contribution >= 4 is 5.91 Å². The van der Waals surface area contributed by atoms with Crippen molar-refractivity contribution in [2.24, 2.45) is 11.7 Å². The highest BCUT2D eigenvalue weighted by molar-refractivity contribution is 5.94. The predicted octanol–water partition coefficient (Wildman–Crippen LogP) is 3.36. The first-order valence-electron chi connectivity index (χ1n) is 7.02. The number of primary amides is 1. The van der Waals surface area contributed by atoms with E-state index in [9.17, 15) is 10.1 Å². The quantitative estimate of drug-likeness (QED) is 0.842. The van der Waals surface area contributed by atoms with Crippen LogP contribution in [-0.4, -0.2) is 5.91 Å². The lowest BCUT2D eigenvalue weighted by Crippen LogP contribution is -2.18. The molecule has 3 nitrogen and oxygen atoms in total. The summed E-state index contributed by atoms with van der Waals surface area (Å²) in [7, 11) is 0. The Labute approximate surface area is 114 Å². The predicted molar refractivity (Wildman–Crippen MR) is 74.5 cm³/mol. The summed E-state index contributed by atoms with van der Waals surface area (Å²) in [5.41, 5.74) is 6.73. The molecule has 1 unspecified atom stereocenters. The first-order chi connectivity index (χ1) is 9.24. The topological polar surface area (TPSA) is 66.9 Å². The zero-order valence-corrected chi connectivity index (χ0v) is 11.1. The number of carbonyl (C=O) groups is 1. The van der Waals surface area contributed by atoms with Gasteiger partial charge in [0.2, 0.25) is 5.91 Å². The second kappa shape index (κ2) is 6.38. The van der Waals surface area contributed by atoms with E-state index in [1.807, 2.05) is 12.1 Å². The molecule has 1 atom stereocenters. The van der Waals surface area contributed by atoms with Crippen molar-refractivity contribution in [3.8, 4) is 6.07 Å². The van der Waals surface area contributed by atoms with E-state index in [1.165, 1.54) is 25.7 Å². The fourth-order valence-corrected chi connectivity index (χ4v) is 3.07. The Bertz CT molecular complexity index is 482. The van der Waals surface area contributed by atoms with Crippen LogP contribution in [0.2, 0.25) is 0 Å². The Morgan fingerprint density at radius 2 is 1.84 bits per heavy atom. The van der Waals surface area contributed by atoms with Gasteiger partial charge in [-0.3, -0.25) is 4.79 Å². The van der Waals surface area contributed by atoms with E-state index in [-0.39, 0.29) is 5.92 Å². The Hall–Kier alpha value is -1.82. The molecule has 1 saturated carbocycles. The zero-order valence-electron chi connectivity index (χ0n) is 11.1. The molecule has 1 fully saturated rings. The molecule has 0 aliphatic heterocycles. The molecule has 19 heavy (non-hydrogen) atoms. The molecular formula is C16H20N2O. The van der Waals surface area contributed by atoms with Gasteiger partial charge in [-0.15, -0.1) is 0 Å². The SMILES string of the molecule is N#CC(c1ccccc1C(N)=O)C1CCCCCC1. The van der Waals surface area contributed by atoms with Crippen molar-refractivity contribution in [3.05, 3.63) is 35.4 Å². The van der Waals surface area contributed by atoms with Crippen LogP contribution in [0.4, 0.5) is 0 Å². The fraction of sp³-hybridized carbons (Fsp3) is 0.500. The number of hydrogen-bond donors (Lipinski definition) is 1. The Morgan fingerprint density at radius 1 is 1.21 bits per heavy atom. The van der Waals surface area contributed by atoms with Crippen molar-refractivity contribution in [1.82, 2.24) is 0 Å². The first-order valence-corrected chi connectivity index (χ1v) is 7.02. The number of amides is 1. The van der Waals surface area contributed by atoms with Crippen LogP contribution in [0.5, 0.6) is 0 Å². The lowest BCUT2D eigenvalue weighted by atomic mass is 9.80. The number of nitrogens with two attached hydrogens (primary N) is 1. The van der Waals surface area contributed by atoms with Crippen molar-refractivity contribution in [1.29, 1.82) is 5.26 Å². The average Bonchev–Trinajstić information content (AvgIpc) is 2.69. The highest BCUT2D eigenvalue weighted by Gasteiger charge is 2.26. The van der Waals surface area contributed by atoms with Crippen LogP contribution in [-0.2, 0) is 0 Å². The summed E-state index contributed by atoms with van der Waals surface area (Å²) in [6.07, 6.45) is 7.03. The molecule has 1 aromatic rings. The van der Waals surface area contributed by atoms with Crippen LogP contribution in [0.25, 0.3) is 0 Å². The minimum atomic E-state index is -0.440. The third-order valence-corrected chi connectivity index (χ3v) is 4.07. The van der Waals surface area contributed by atoms with E-state index in [0.29, 0.717) is 11.5 Å². The number of nitrogens with zero attached hydrogens (tertiary/aromatic N) is 1. The molecule has 2 N–H and O–H groups in total. The molecule has 0 bridgehead atoms. The van der Waals surface area contributed by atoms with Gasteiger partial charge in [0.25, 0.3) is 0 Å². The average molecular weight is 256 g/mol. The molecule has 1 amide bonds. The maximum absolute atomic E-state index is 11.5. The normalized spacial score (nSPS) is 18.3. The number of benzene rings is 1. The summed E-state index contributed by atoms with van der Waals surface area (Å²) in [5.74, 6) is -0.292. The van der Waals surface area contributed by atoms with E-state index >= 15 is 0 Å². The van der Waals surface area contributed by atoms with Gasteiger partial charge in [-0.2, -0.15) is 5.26 Å². The number of carbonyl (C=O) groups excluding carboxylic acids is 1. The van der Waals surface area contributed by atoms with E-state index in [2.05, 4.69) is 6.07 Å². The molecule has 100 valence electrons. The van der Waals surface area contributed by atoms with Crippen LogP contribution in [0, 0.1) is 17.2 Å². The summed E-state index contributed by atoms with van der Waals surface area (Å²) in [6.45, 7) is 0. The van der Waals surface area contributed by atoms with Crippen molar-refractivity contribution in [2.45, 2.75) is 44.4 Å². The Morgan fingerprint density at radius 3 is 2.42 bits per heavy atom. The maximum Gasteiger partial charge on any atom is 0.249 e. The van der Waals surface area contributed by atoms with Crippen molar-refractivity contribution in [2.75, 3.05) is 0 Å². The van der Waals surface area contributed by atoms with E-state index in [4.69, 9.17) is 5.73 Å². The van der Waals surface area contributed by atoms with Crippen molar-refractivity contribution in [3.63, 3.8) is 0 Å². The second-order valence-corrected chi connectivity index (χ2v) is 5.31. The molecule has 1 aromatic carbocycles. The van der Waals surface area contributed by atoms with Crippen LogP contribution >= 0.6 is 0 Å². The standard InChI is InChI=1S/C16H20N2O/c17-11-15(12-7-3-1-2-4-8-12)13-9-5-6-10-14(13)16(18)19/h5-6,9-10,12,15H,1-4,7-8H2,(H2,18,19). The van der Waals surface area contributed by atoms with Gasteiger partial charge in [0.05, 0.1) is 12.0 Å². The fourth-order valence-electron chi connectivity index (χ4n) is 3.07. The Kier molecular flexibility index (Phi) is 4.57. The minimum Gasteiger partial charge on any atom is -0.366 e. The first kappa shape index (κ1) is 13.6. The molecular weight excluding hydrogens is 236 g/mol. The van der Waals surface area contributed by atoms with Gasteiger partial charge in [-0.25, -0.2) is 0 Å². The molecule has 1 aliphatic rings. The highest BCUT2D eigenvalue weighted by Crippen LogP contribution is 2.36. The monoisotopic (exact) mass is 256 g/mol. The van der Waals surface area contributed by atoms with Crippen LogP contribution < -0.4 is 5.73 Å². The zero-order chi connectivity index (χ0) is 13.7. The second-order valence-electron chi connectivity index (χ2n) is 5.31. The maximum atomic E-state index is 11.5. The Balaban J connectivity index is 2.31. The van der Waals surface area contributed by atoms with E-state index in [1.54, 1.807) is 12.1 Å². The van der Waals surface area contributed by atoms with Gasteiger partial charge in [0.1, 0.15) is 0 Å². The molecule has 2 rings (SSSR count). The molecule has 0 spiro atoms. The molecule has 3 heteroatoms. The molecule has 0 heterocycles. The largest absolute Gasteiger partial charge is 0.366 e. The lowest BCUT2D eigenvalue weighted by Gasteiger charge is -2.22. The number of rotatable bonds is 3. The summed E-state index contributed by atoms with van der Waals surface area (Å²) in [6, 6.07) is 9.67. The molecule has 0 saturated heterocycles. The van der Waals surface area contributed by atoms with Gasteiger partial charge in [-0.1, -0.05) is 43.9 Å². The van der Waals surface area contributed by atoms with Crippen LogP contribution in [0.3, 0.4) is 0 Å². The number of hydrogen-bond acceptors (Lipinski definition) is 2. The third kappa shape index (κ3) is 3.14. The summed E-state index contributed by atoms with van der Waals surface area (Å²) in [5, 5.41) is 9.53.